The zero-order valence-electron chi connectivity index (χ0n) is 15.7. The zero-order chi connectivity index (χ0) is 24.4. The van der Waals surface area contributed by atoms with Crippen LogP contribution in [0.15, 0.2) is 58.3 Å². The molecule has 0 heterocycles. The Kier molecular flexibility index (Phi) is 7.91. The van der Waals surface area contributed by atoms with Crippen molar-refractivity contribution in [2.75, 3.05) is 14.2 Å². The molecule has 2 aromatic carbocycles. The summed E-state index contributed by atoms with van der Waals surface area (Å²) in [5.74, 6) is 0. The molecule has 0 N–H and O–H groups in total. The first-order valence-corrected chi connectivity index (χ1v) is 16.9. The molecule has 0 bridgehead atoms. The van der Waals surface area contributed by atoms with E-state index in [1.54, 1.807) is 36.4 Å². The van der Waals surface area contributed by atoms with Gasteiger partial charge in [-0.05, 0) is 24.8 Å². The van der Waals surface area contributed by atoms with Crippen LogP contribution in [0.3, 0.4) is 0 Å². The molecule has 2 aromatic rings. The third kappa shape index (κ3) is 9.58. The summed E-state index contributed by atoms with van der Waals surface area (Å²) in [5.41, 5.74) is 0.713. The van der Waals surface area contributed by atoms with Crippen LogP contribution in [0, 0.1) is 0 Å². The summed E-state index contributed by atoms with van der Waals surface area (Å²) >= 11 is -7.79. The number of benzene rings is 2. The second-order valence-electron chi connectivity index (χ2n) is 5.71. The van der Waals surface area contributed by atoms with Gasteiger partial charge in [-0.3, -0.25) is 8.37 Å². The Bertz CT molecular complexity index is 1060. The van der Waals surface area contributed by atoms with Crippen LogP contribution in [-0.4, -0.2) is 50.5 Å². The molecule has 0 spiro atoms. The van der Waals surface area contributed by atoms with Crippen molar-refractivity contribution >= 4 is 52.3 Å². The van der Waals surface area contributed by atoms with Gasteiger partial charge in [-0.15, -0.1) is 0 Å². The van der Waals surface area contributed by atoms with Gasteiger partial charge in [-0.2, -0.15) is 16.8 Å². The Hall–Kier alpha value is -0.992. The van der Waals surface area contributed by atoms with Gasteiger partial charge < -0.3 is 0 Å². The molecule has 0 aliphatic carbocycles. The predicted molar refractivity (Wildman–Crippen MR) is 106 cm³/mol. The van der Waals surface area contributed by atoms with Crippen LogP contribution in [0.5, 0.6) is 0 Å². The molecule has 0 aromatic heterocycles. The molecule has 0 radical (unpaired) electrons. The summed E-state index contributed by atoms with van der Waals surface area (Å²) in [7, 11) is -5.76. The van der Waals surface area contributed by atoms with Crippen LogP contribution in [-0.2, 0) is 41.2 Å². The second kappa shape index (κ2) is 8.75. The van der Waals surface area contributed by atoms with Crippen molar-refractivity contribution in [1.29, 1.82) is 0 Å². The minimum atomic E-state index is -11.2. The van der Waals surface area contributed by atoms with Crippen LogP contribution in [0.2, 0.25) is 0 Å². The molecule has 0 amide bonds. The molecular formula is C15H17F6O6S3Sb. The van der Waals surface area contributed by atoms with Crippen LogP contribution in [0.4, 0.5) is 16.9 Å². The van der Waals surface area contributed by atoms with Crippen LogP contribution in [0.1, 0.15) is 16.4 Å². The van der Waals surface area contributed by atoms with Gasteiger partial charge >= 0.3 is 36.4 Å². The fourth-order valence-electron chi connectivity index (χ4n) is 2.24. The fourth-order valence-corrected chi connectivity index (χ4v) is 4.75. The van der Waals surface area contributed by atoms with Crippen molar-refractivity contribution in [3.05, 3.63) is 59.7 Å². The first-order chi connectivity index (χ1) is 13.7. The average molecular weight is 625 g/mol. The molecule has 0 saturated heterocycles. The summed E-state index contributed by atoms with van der Waals surface area (Å²) < 4.78 is 117. The molecule has 16 heteroatoms. The van der Waals surface area contributed by atoms with E-state index in [0.29, 0.717) is 11.1 Å². The van der Waals surface area contributed by atoms with E-state index in [0.717, 1.165) is 14.2 Å². The van der Waals surface area contributed by atoms with Crippen LogP contribution >= 0.6 is 0 Å². The van der Waals surface area contributed by atoms with Crippen LogP contribution < -0.4 is 0 Å². The third-order valence-corrected chi connectivity index (χ3v) is 6.76. The zero-order valence-corrected chi connectivity index (χ0v) is 20.9. The molecule has 0 fully saturated rings. The quantitative estimate of drug-likeness (QED) is 0.211. The summed E-state index contributed by atoms with van der Waals surface area (Å²) in [4.78, 5) is -0.0887. The molecule has 0 saturated carbocycles. The van der Waals surface area contributed by atoms with E-state index in [4.69, 9.17) is 0 Å². The van der Waals surface area contributed by atoms with E-state index in [-0.39, 0.29) is 9.79 Å². The Morgan fingerprint density at radius 1 is 0.710 bits per heavy atom. The number of hydrogen-bond acceptors (Lipinski definition) is 6. The molecule has 0 unspecified atom stereocenters. The van der Waals surface area contributed by atoms with Gasteiger partial charge in [0.1, 0.15) is 9.79 Å². The predicted octanol–water partition coefficient (Wildman–Crippen LogP) is 3.60. The maximum absolute atomic E-state index is 12.1. The van der Waals surface area contributed by atoms with Gasteiger partial charge in [0.2, 0.25) is 0 Å². The van der Waals surface area contributed by atoms with Crippen molar-refractivity contribution in [3.63, 3.8) is 0 Å². The molecule has 2 rings (SSSR count). The molecule has 6 nitrogen and oxygen atoms in total. The maximum atomic E-state index is 12.1. The molecule has 31 heavy (non-hydrogen) atoms. The molecular weight excluding hydrogens is 608 g/mol. The number of rotatable bonds is 6. The monoisotopic (exact) mass is 624 g/mol. The molecule has 178 valence electrons. The topological polar surface area (TPSA) is 86.7 Å². The Morgan fingerprint density at radius 2 is 0.968 bits per heavy atom. The fraction of sp³-hybridized carbons (Fsp3) is 0.200. The van der Waals surface area contributed by atoms with Crippen molar-refractivity contribution in [3.8, 4) is 0 Å². The van der Waals surface area contributed by atoms with Crippen molar-refractivity contribution in [2.45, 2.75) is 15.0 Å². The Labute approximate surface area is 182 Å². The molecule has 0 aliphatic rings. The van der Waals surface area contributed by atoms with Gasteiger partial charge in [-0.1, -0.05) is 36.4 Å². The first-order valence-electron chi connectivity index (χ1n) is 7.76. The summed E-state index contributed by atoms with van der Waals surface area (Å²) in [5, 5.41) is -0.702. The van der Waals surface area contributed by atoms with E-state index in [1.165, 1.54) is 12.1 Å². The van der Waals surface area contributed by atoms with Gasteiger partial charge in [0.05, 0.1) is 14.2 Å². The van der Waals surface area contributed by atoms with E-state index in [1.807, 2.05) is 0 Å². The number of hydrogen-bond donors (Lipinski definition) is 0. The van der Waals surface area contributed by atoms with Gasteiger partial charge in [0.25, 0.3) is 20.2 Å². The number of halogens is 6. The van der Waals surface area contributed by atoms with Crippen LogP contribution in [0.25, 0.3) is 0 Å². The van der Waals surface area contributed by atoms with E-state index in [9.17, 15) is 33.7 Å². The average Bonchev–Trinajstić information content (AvgIpc) is 2.65. The van der Waals surface area contributed by atoms with Crippen molar-refractivity contribution in [2.24, 2.45) is 0 Å². The SMILES string of the molecule is COS(=O)(=O)c1ccccc1C([SH2+])c1ccccc1S(=O)(=O)OC.[F][Sb-]([F])([F])([F])([F])[F]. The van der Waals surface area contributed by atoms with E-state index < -0.39 is 45.0 Å². The third-order valence-electron chi connectivity index (χ3n) is 3.44. The van der Waals surface area contributed by atoms with Crippen molar-refractivity contribution in [1.82, 2.24) is 0 Å². The van der Waals surface area contributed by atoms with E-state index in [2.05, 4.69) is 21.0 Å². The summed E-state index contributed by atoms with van der Waals surface area (Å²) in [6.07, 6.45) is 0. The normalized spacial score (nSPS) is 14.9. The minimum absolute atomic E-state index is 0.0443. The Balaban J connectivity index is 0.000000592. The summed E-state index contributed by atoms with van der Waals surface area (Å²) in [6.45, 7) is 0. The summed E-state index contributed by atoms with van der Waals surface area (Å²) in [6, 6.07) is 12.4. The second-order valence-corrected chi connectivity index (χ2v) is 15.1. The van der Waals surface area contributed by atoms with Gasteiger partial charge in [-0.25, -0.2) is 0 Å². The molecule has 0 atom stereocenters. The van der Waals surface area contributed by atoms with E-state index >= 15 is 0 Å². The van der Waals surface area contributed by atoms with Gasteiger partial charge in [0, 0.05) is 11.1 Å². The molecule has 0 aliphatic heterocycles. The Morgan fingerprint density at radius 3 is 1.23 bits per heavy atom. The van der Waals surface area contributed by atoms with Crippen molar-refractivity contribution < 1.29 is 42.1 Å². The standard InChI is InChI=1S/C15H16O6S3.6FH.Sb/c1-20-23(16,17)13-9-5-3-7-11(13)15(22)12-8-4-6-10-14(12)24(18,19)21-2;;;;;;;/h3-10,15,22H,1-2H3;6*1H;/q;;;;;;;+5/p-5. The van der Waals surface area contributed by atoms with Gasteiger partial charge in [0.15, 0.2) is 5.25 Å². The first kappa shape index (κ1) is 28.0.